The molecule has 1 atom stereocenters. The standard InChI is InChI=1S/C16H17N5O/c1-21-14(12(9-18-21)10-7-8-10)16-19-15(20-22-16)13(17)11-5-3-2-4-6-11/h2-6,9-10,13H,7-8,17H2,1H3. The lowest BCUT2D eigenvalue weighted by molar-refractivity contribution is 0.416. The summed E-state index contributed by atoms with van der Waals surface area (Å²) >= 11 is 0. The number of aromatic nitrogens is 4. The first-order valence-electron chi connectivity index (χ1n) is 7.40. The van der Waals surface area contributed by atoms with Gasteiger partial charge < -0.3 is 10.3 Å². The predicted molar refractivity (Wildman–Crippen MR) is 80.9 cm³/mol. The van der Waals surface area contributed by atoms with Gasteiger partial charge in [0.1, 0.15) is 5.69 Å². The predicted octanol–water partition coefficient (Wildman–Crippen LogP) is 2.40. The zero-order chi connectivity index (χ0) is 15.1. The van der Waals surface area contributed by atoms with Crippen LogP contribution in [-0.4, -0.2) is 19.9 Å². The molecule has 2 heterocycles. The summed E-state index contributed by atoms with van der Waals surface area (Å²) in [6.07, 6.45) is 4.29. The first kappa shape index (κ1) is 13.2. The molecule has 1 saturated carbocycles. The van der Waals surface area contributed by atoms with E-state index in [9.17, 15) is 0 Å². The van der Waals surface area contributed by atoms with Gasteiger partial charge in [0.05, 0.1) is 12.2 Å². The van der Waals surface area contributed by atoms with E-state index >= 15 is 0 Å². The van der Waals surface area contributed by atoms with Crippen molar-refractivity contribution in [3.8, 4) is 11.6 Å². The van der Waals surface area contributed by atoms with E-state index in [1.54, 1.807) is 4.68 Å². The number of benzene rings is 1. The quantitative estimate of drug-likeness (QED) is 0.799. The Morgan fingerprint density at radius 3 is 2.77 bits per heavy atom. The molecule has 1 aromatic carbocycles. The third-order valence-electron chi connectivity index (χ3n) is 4.07. The lowest BCUT2D eigenvalue weighted by Gasteiger charge is -2.06. The fourth-order valence-corrected chi connectivity index (χ4v) is 2.68. The monoisotopic (exact) mass is 295 g/mol. The fourth-order valence-electron chi connectivity index (χ4n) is 2.68. The molecule has 2 N–H and O–H groups in total. The summed E-state index contributed by atoms with van der Waals surface area (Å²) in [6, 6.07) is 9.37. The Hall–Kier alpha value is -2.47. The highest BCUT2D eigenvalue weighted by molar-refractivity contribution is 5.55. The van der Waals surface area contributed by atoms with Crippen molar-refractivity contribution < 1.29 is 4.52 Å². The van der Waals surface area contributed by atoms with Crippen molar-refractivity contribution in [2.45, 2.75) is 24.8 Å². The van der Waals surface area contributed by atoms with Gasteiger partial charge in [0.15, 0.2) is 5.82 Å². The molecule has 0 amide bonds. The number of rotatable bonds is 4. The maximum Gasteiger partial charge on any atom is 0.276 e. The summed E-state index contributed by atoms with van der Waals surface area (Å²) < 4.78 is 7.24. The van der Waals surface area contributed by atoms with Crippen molar-refractivity contribution in [1.29, 1.82) is 0 Å². The lowest BCUT2D eigenvalue weighted by Crippen LogP contribution is -2.13. The third kappa shape index (κ3) is 2.21. The van der Waals surface area contributed by atoms with Crippen LogP contribution in [0.3, 0.4) is 0 Å². The summed E-state index contributed by atoms with van der Waals surface area (Å²) in [6.45, 7) is 0. The third-order valence-corrected chi connectivity index (χ3v) is 4.07. The smallest absolute Gasteiger partial charge is 0.276 e. The second-order valence-electron chi connectivity index (χ2n) is 5.69. The molecule has 0 spiro atoms. The zero-order valence-electron chi connectivity index (χ0n) is 12.3. The van der Waals surface area contributed by atoms with E-state index in [-0.39, 0.29) is 0 Å². The van der Waals surface area contributed by atoms with Crippen LogP contribution in [0.25, 0.3) is 11.6 Å². The van der Waals surface area contributed by atoms with E-state index in [2.05, 4.69) is 15.2 Å². The Labute approximate surface area is 127 Å². The minimum Gasteiger partial charge on any atom is -0.332 e. The second-order valence-corrected chi connectivity index (χ2v) is 5.69. The highest BCUT2D eigenvalue weighted by atomic mass is 16.5. The van der Waals surface area contributed by atoms with E-state index in [1.807, 2.05) is 43.6 Å². The molecule has 1 fully saturated rings. The molecule has 112 valence electrons. The van der Waals surface area contributed by atoms with Crippen LogP contribution in [0.15, 0.2) is 41.1 Å². The highest BCUT2D eigenvalue weighted by Crippen LogP contribution is 2.43. The van der Waals surface area contributed by atoms with Gasteiger partial charge in [-0.2, -0.15) is 10.1 Å². The molecule has 0 saturated heterocycles. The summed E-state index contributed by atoms with van der Waals surface area (Å²) in [4.78, 5) is 4.50. The normalized spacial score (nSPS) is 15.9. The Morgan fingerprint density at radius 1 is 1.27 bits per heavy atom. The van der Waals surface area contributed by atoms with Crippen LogP contribution in [0.1, 0.15) is 41.8 Å². The van der Waals surface area contributed by atoms with Crippen LogP contribution in [0.2, 0.25) is 0 Å². The van der Waals surface area contributed by atoms with Gasteiger partial charge in [0.2, 0.25) is 0 Å². The fraction of sp³-hybridized carbons (Fsp3) is 0.312. The summed E-state index contributed by atoms with van der Waals surface area (Å²) in [5.41, 5.74) is 9.27. The van der Waals surface area contributed by atoms with E-state index in [0.29, 0.717) is 17.6 Å². The van der Waals surface area contributed by atoms with Gasteiger partial charge in [-0.05, 0) is 24.3 Å². The maximum absolute atomic E-state index is 6.22. The molecule has 1 aliphatic rings. The van der Waals surface area contributed by atoms with Gasteiger partial charge in [0.25, 0.3) is 5.89 Å². The summed E-state index contributed by atoms with van der Waals surface area (Å²) in [5.74, 6) is 1.55. The number of nitrogens with two attached hydrogens (primary N) is 1. The highest BCUT2D eigenvalue weighted by Gasteiger charge is 2.31. The molecule has 6 heteroatoms. The van der Waals surface area contributed by atoms with Crippen LogP contribution in [0.4, 0.5) is 0 Å². The zero-order valence-corrected chi connectivity index (χ0v) is 12.3. The van der Waals surface area contributed by atoms with Gasteiger partial charge in [-0.1, -0.05) is 35.5 Å². The largest absolute Gasteiger partial charge is 0.332 e. The van der Waals surface area contributed by atoms with Gasteiger partial charge in [0, 0.05) is 12.6 Å². The van der Waals surface area contributed by atoms with Gasteiger partial charge in [-0.25, -0.2) is 0 Å². The Morgan fingerprint density at radius 2 is 2.05 bits per heavy atom. The number of hydrogen-bond donors (Lipinski definition) is 1. The molecule has 1 unspecified atom stereocenters. The number of aryl methyl sites for hydroxylation is 1. The van der Waals surface area contributed by atoms with E-state index in [4.69, 9.17) is 10.3 Å². The molecule has 0 aliphatic heterocycles. The lowest BCUT2D eigenvalue weighted by atomic mass is 10.1. The molecule has 4 rings (SSSR count). The van der Waals surface area contributed by atoms with Crippen molar-refractivity contribution in [3.05, 3.63) is 53.5 Å². The summed E-state index contributed by atoms with van der Waals surface area (Å²) in [5, 5.41) is 8.38. The molecule has 0 radical (unpaired) electrons. The minimum absolute atomic E-state index is 0.392. The van der Waals surface area contributed by atoms with Crippen LogP contribution in [-0.2, 0) is 7.05 Å². The molecular formula is C16H17N5O. The molecule has 3 aromatic rings. The molecule has 2 aromatic heterocycles. The average molecular weight is 295 g/mol. The second kappa shape index (κ2) is 5.06. The number of hydrogen-bond acceptors (Lipinski definition) is 5. The summed E-state index contributed by atoms with van der Waals surface area (Å²) in [7, 11) is 1.89. The van der Waals surface area contributed by atoms with Gasteiger partial charge >= 0.3 is 0 Å². The SMILES string of the molecule is Cn1ncc(C2CC2)c1-c1nc(C(N)c2ccccc2)no1. The minimum atomic E-state index is -0.392. The Kier molecular flexibility index (Phi) is 3.04. The van der Waals surface area contributed by atoms with Gasteiger partial charge in [-0.3, -0.25) is 4.68 Å². The van der Waals surface area contributed by atoms with Crippen molar-refractivity contribution in [3.63, 3.8) is 0 Å². The number of nitrogens with zero attached hydrogens (tertiary/aromatic N) is 4. The van der Waals surface area contributed by atoms with E-state index < -0.39 is 6.04 Å². The first-order chi connectivity index (χ1) is 10.7. The van der Waals surface area contributed by atoms with E-state index in [1.165, 1.54) is 18.4 Å². The van der Waals surface area contributed by atoms with Crippen LogP contribution >= 0.6 is 0 Å². The van der Waals surface area contributed by atoms with Crippen LogP contribution in [0.5, 0.6) is 0 Å². The molecule has 1 aliphatic carbocycles. The average Bonchev–Trinajstić information content (AvgIpc) is 3.15. The molecular weight excluding hydrogens is 278 g/mol. The Balaban J connectivity index is 1.69. The topological polar surface area (TPSA) is 82.8 Å². The molecule has 0 bridgehead atoms. The first-order valence-corrected chi connectivity index (χ1v) is 7.40. The van der Waals surface area contributed by atoms with Crippen molar-refractivity contribution in [2.75, 3.05) is 0 Å². The van der Waals surface area contributed by atoms with Gasteiger partial charge in [-0.15, -0.1) is 0 Å². The van der Waals surface area contributed by atoms with Crippen molar-refractivity contribution in [1.82, 2.24) is 19.9 Å². The molecule has 22 heavy (non-hydrogen) atoms. The Bertz CT molecular complexity index is 788. The maximum atomic E-state index is 6.22. The van der Waals surface area contributed by atoms with Crippen LogP contribution < -0.4 is 5.73 Å². The van der Waals surface area contributed by atoms with Crippen molar-refractivity contribution in [2.24, 2.45) is 12.8 Å². The van der Waals surface area contributed by atoms with Crippen molar-refractivity contribution >= 4 is 0 Å². The van der Waals surface area contributed by atoms with Crippen LogP contribution in [0, 0.1) is 0 Å². The molecule has 6 nitrogen and oxygen atoms in total. The van der Waals surface area contributed by atoms with E-state index in [0.717, 1.165) is 11.3 Å².